The summed E-state index contributed by atoms with van der Waals surface area (Å²) in [5.41, 5.74) is 2.98. The first-order valence-corrected chi connectivity index (χ1v) is 8.07. The maximum atomic E-state index is 5.53. The Bertz CT molecular complexity index is 625. The minimum atomic E-state index is 0.204. The van der Waals surface area contributed by atoms with Gasteiger partial charge in [-0.3, -0.25) is 4.90 Å². The summed E-state index contributed by atoms with van der Waals surface area (Å²) in [7, 11) is 0. The van der Waals surface area contributed by atoms with Gasteiger partial charge in [0.1, 0.15) is 0 Å². The summed E-state index contributed by atoms with van der Waals surface area (Å²) in [4.78, 5) is 2.44. The zero-order chi connectivity index (χ0) is 15.7. The molecule has 3 rings (SSSR count). The number of benzene rings is 1. The van der Waals surface area contributed by atoms with Crippen LogP contribution < -0.4 is 0 Å². The number of hydrogen-bond acceptors (Lipinski definition) is 4. The molecular formula is C18H25N3O. The monoisotopic (exact) mass is 299 g/mol. The van der Waals surface area contributed by atoms with Crippen LogP contribution in [-0.4, -0.2) is 21.6 Å². The second-order valence-corrected chi connectivity index (χ2v) is 7.22. The molecule has 1 aliphatic heterocycles. The lowest BCUT2D eigenvalue weighted by Crippen LogP contribution is -2.23. The quantitative estimate of drug-likeness (QED) is 0.858. The molecule has 0 N–H and O–H groups in total. The molecule has 2 heterocycles. The highest BCUT2D eigenvalue weighted by Crippen LogP contribution is 2.34. The highest BCUT2D eigenvalue weighted by Gasteiger charge is 2.27. The molecule has 0 bridgehead atoms. The van der Waals surface area contributed by atoms with Crippen LogP contribution in [0.5, 0.6) is 0 Å². The van der Waals surface area contributed by atoms with Crippen molar-refractivity contribution >= 4 is 0 Å². The van der Waals surface area contributed by atoms with Gasteiger partial charge < -0.3 is 4.42 Å². The van der Waals surface area contributed by atoms with Gasteiger partial charge in [0.15, 0.2) is 0 Å². The van der Waals surface area contributed by atoms with Crippen LogP contribution in [0.1, 0.15) is 62.6 Å². The SMILES string of the molecule is Cc1nnc(CN2CCC[C@H]2c2ccc(C(C)(C)C)cc2)o1. The molecule has 0 unspecified atom stereocenters. The summed E-state index contributed by atoms with van der Waals surface area (Å²) in [6.07, 6.45) is 2.42. The van der Waals surface area contributed by atoms with Crippen molar-refractivity contribution < 1.29 is 4.42 Å². The molecule has 1 aromatic carbocycles. The number of hydrogen-bond donors (Lipinski definition) is 0. The van der Waals surface area contributed by atoms with Gasteiger partial charge in [0.05, 0.1) is 6.54 Å². The number of aryl methyl sites for hydroxylation is 1. The van der Waals surface area contributed by atoms with Crippen LogP contribution in [0.4, 0.5) is 0 Å². The van der Waals surface area contributed by atoms with Crippen LogP contribution in [0.25, 0.3) is 0 Å². The lowest BCUT2D eigenvalue weighted by Gasteiger charge is -2.25. The van der Waals surface area contributed by atoms with Gasteiger partial charge in [0, 0.05) is 13.0 Å². The van der Waals surface area contributed by atoms with E-state index in [1.54, 1.807) is 0 Å². The van der Waals surface area contributed by atoms with E-state index >= 15 is 0 Å². The average molecular weight is 299 g/mol. The standard InChI is InChI=1S/C18H25N3O/c1-13-19-20-17(22-13)12-21-11-5-6-16(21)14-7-9-15(10-8-14)18(2,3)4/h7-10,16H,5-6,11-12H2,1-4H3/t16-/m0/s1. The summed E-state index contributed by atoms with van der Waals surface area (Å²) in [6, 6.07) is 9.55. The normalized spacial score (nSPS) is 19.7. The van der Waals surface area contributed by atoms with Gasteiger partial charge >= 0.3 is 0 Å². The molecule has 0 saturated carbocycles. The van der Waals surface area contributed by atoms with E-state index in [4.69, 9.17) is 4.42 Å². The van der Waals surface area contributed by atoms with Gasteiger partial charge in [0.25, 0.3) is 0 Å². The van der Waals surface area contributed by atoms with Crippen molar-refractivity contribution in [2.75, 3.05) is 6.54 Å². The lowest BCUT2D eigenvalue weighted by molar-refractivity contribution is 0.222. The third kappa shape index (κ3) is 3.22. The molecule has 4 heteroatoms. The highest BCUT2D eigenvalue weighted by molar-refractivity contribution is 5.29. The Labute approximate surface area is 132 Å². The fourth-order valence-corrected chi connectivity index (χ4v) is 3.17. The minimum absolute atomic E-state index is 0.204. The highest BCUT2D eigenvalue weighted by atomic mass is 16.4. The van der Waals surface area contributed by atoms with Gasteiger partial charge in [-0.05, 0) is 35.9 Å². The van der Waals surface area contributed by atoms with Crippen LogP contribution in [-0.2, 0) is 12.0 Å². The van der Waals surface area contributed by atoms with E-state index < -0.39 is 0 Å². The molecular weight excluding hydrogens is 274 g/mol. The van der Waals surface area contributed by atoms with E-state index in [9.17, 15) is 0 Å². The molecule has 1 saturated heterocycles. The summed E-state index contributed by atoms with van der Waals surface area (Å²) >= 11 is 0. The summed E-state index contributed by atoms with van der Waals surface area (Å²) in [6.45, 7) is 10.4. The topological polar surface area (TPSA) is 42.2 Å². The lowest BCUT2D eigenvalue weighted by atomic mass is 9.86. The van der Waals surface area contributed by atoms with E-state index in [0.717, 1.165) is 19.0 Å². The van der Waals surface area contributed by atoms with Gasteiger partial charge in [-0.25, -0.2) is 0 Å². The van der Waals surface area contributed by atoms with Crippen molar-refractivity contribution in [3.05, 3.63) is 47.2 Å². The van der Waals surface area contributed by atoms with Crippen LogP contribution >= 0.6 is 0 Å². The molecule has 1 aromatic heterocycles. The van der Waals surface area contributed by atoms with E-state index in [0.29, 0.717) is 11.9 Å². The predicted octanol–water partition coefficient (Wildman–Crippen LogP) is 4.01. The molecule has 2 aromatic rings. The molecule has 118 valence electrons. The summed E-state index contributed by atoms with van der Waals surface area (Å²) in [5.74, 6) is 1.36. The molecule has 0 spiro atoms. The van der Waals surface area contributed by atoms with Crippen LogP contribution in [0, 0.1) is 6.92 Å². The Morgan fingerprint density at radius 2 is 1.91 bits per heavy atom. The van der Waals surface area contributed by atoms with E-state index in [-0.39, 0.29) is 5.41 Å². The fourth-order valence-electron chi connectivity index (χ4n) is 3.17. The Balaban J connectivity index is 1.75. The maximum absolute atomic E-state index is 5.53. The minimum Gasteiger partial charge on any atom is -0.424 e. The van der Waals surface area contributed by atoms with Crippen molar-refractivity contribution in [3.8, 4) is 0 Å². The molecule has 4 nitrogen and oxygen atoms in total. The molecule has 0 aliphatic carbocycles. The van der Waals surface area contributed by atoms with Crippen molar-refractivity contribution in [1.82, 2.24) is 15.1 Å². The largest absolute Gasteiger partial charge is 0.424 e. The molecule has 1 atom stereocenters. The van der Waals surface area contributed by atoms with Crippen molar-refractivity contribution in [2.24, 2.45) is 0 Å². The summed E-state index contributed by atoms with van der Waals surface area (Å²) < 4.78 is 5.53. The second-order valence-electron chi connectivity index (χ2n) is 7.22. The van der Waals surface area contributed by atoms with Crippen molar-refractivity contribution in [3.63, 3.8) is 0 Å². The van der Waals surface area contributed by atoms with E-state index in [2.05, 4.69) is 60.1 Å². The number of rotatable bonds is 3. The zero-order valence-corrected chi connectivity index (χ0v) is 14.0. The maximum Gasteiger partial charge on any atom is 0.230 e. The number of aromatic nitrogens is 2. The van der Waals surface area contributed by atoms with Gasteiger partial charge in [0.2, 0.25) is 11.8 Å². The second kappa shape index (κ2) is 5.84. The molecule has 0 amide bonds. The van der Waals surface area contributed by atoms with Crippen molar-refractivity contribution in [1.29, 1.82) is 0 Å². The smallest absolute Gasteiger partial charge is 0.230 e. The Hall–Kier alpha value is -1.68. The first-order chi connectivity index (χ1) is 10.4. The van der Waals surface area contributed by atoms with E-state index in [1.165, 1.54) is 24.0 Å². The van der Waals surface area contributed by atoms with Gasteiger partial charge in [-0.2, -0.15) is 0 Å². The molecule has 1 fully saturated rings. The fraction of sp³-hybridized carbons (Fsp3) is 0.556. The van der Waals surface area contributed by atoms with Crippen molar-refractivity contribution in [2.45, 2.75) is 58.5 Å². The Morgan fingerprint density at radius 3 is 2.50 bits per heavy atom. The van der Waals surface area contributed by atoms with E-state index in [1.807, 2.05) is 6.92 Å². The number of nitrogens with zero attached hydrogens (tertiary/aromatic N) is 3. The first-order valence-electron chi connectivity index (χ1n) is 8.07. The third-order valence-electron chi connectivity index (χ3n) is 4.43. The van der Waals surface area contributed by atoms with Crippen LogP contribution in [0.15, 0.2) is 28.7 Å². The Morgan fingerprint density at radius 1 is 1.18 bits per heavy atom. The van der Waals surface area contributed by atoms with Gasteiger partial charge in [-0.1, -0.05) is 45.0 Å². The first kappa shape index (κ1) is 15.2. The average Bonchev–Trinajstić information content (AvgIpc) is 3.08. The molecule has 0 radical (unpaired) electrons. The molecule has 22 heavy (non-hydrogen) atoms. The predicted molar refractivity (Wildman–Crippen MR) is 86.6 cm³/mol. The van der Waals surface area contributed by atoms with Crippen LogP contribution in [0.2, 0.25) is 0 Å². The zero-order valence-electron chi connectivity index (χ0n) is 14.0. The molecule has 1 aliphatic rings. The number of likely N-dealkylation sites (tertiary alicyclic amines) is 1. The van der Waals surface area contributed by atoms with Gasteiger partial charge in [-0.15, -0.1) is 10.2 Å². The Kier molecular flexibility index (Phi) is 4.04. The summed E-state index contributed by atoms with van der Waals surface area (Å²) in [5, 5.41) is 8.05. The third-order valence-corrected chi connectivity index (χ3v) is 4.43. The van der Waals surface area contributed by atoms with Crippen LogP contribution in [0.3, 0.4) is 0 Å².